The molecule has 2 aromatic rings. The number of nitrogens with two attached hydrogens (primary N) is 1. The maximum absolute atomic E-state index is 11.6. The third-order valence-corrected chi connectivity index (χ3v) is 2.43. The summed E-state index contributed by atoms with van der Waals surface area (Å²) in [6, 6.07) is 7.48. The van der Waals surface area contributed by atoms with Crippen molar-refractivity contribution in [3.63, 3.8) is 0 Å². The quantitative estimate of drug-likeness (QED) is 0.752. The van der Waals surface area contributed by atoms with Gasteiger partial charge in [0.2, 0.25) is 5.91 Å². The third-order valence-electron chi connectivity index (χ3n) is 2.43. The number of carbonyl (C=O) groups excluding carboxylic acids is 1. The summed E-state index contributed by atoms with van der Waals surface area (Å²) in [5.41, 5.74) is 6.92. The molecule has 0 fully saturated rings. The van der Waals surface area contributed by atoms with Gasteiger partial charge < -0.3 is 20.4 Å². The van der Waals surface area contributed by atoms with Crippen molar-refractivity contribution < 1.29 is 9.53 Å². The van der Waals surface area contributed by atoms with Gasteiger partial charge in [0.1, 0.15) is 6.61 Å². The van der Waals surface area contributed by atoms with Crippen LogP contribution in [0, 0.1) is 0 Å². The van der Waals surface area contributed by atoms with Crippen LogP contribution < -0.4 is 11.1 Å². The number of aromatic nitrogens is 2. The Morgan fingerprint density at radius 1 is 1.47 bits per heavy atom. The Morgan fingerprint density at radius 2 is 2.37 bits per heavy atom. The molecular formula is C13H16N4O2. The number of rotatable bonds is 6. The molecule has 6 nitrogen and oxygen atoms in total. The second-order valence-electron chi connectivity index (χ2n) is 3.91. The second kappa shape index (κ2) is 6.67. The Bertz CT molecular complexity index is 525. The van der Waals surface area contributed by atoms with Crippen molar-refractivity contribution >= 4 is 11.6 Å². The Hall–Kier alpha value is -2.18. The zero-order valence-electron chi connectivity index (χ0n) is 10.5. The number of ether oxygens (including phenoxy) is 1. The average molecular weight is 260 g/mol. The van der Waals surface area contributed by atoms with E-state index in [1.54, 1.807) is 12.5 Å². The molecule has 1 amide bonds. The predicted molar refractivity (Wildman–Crippen MR) is 72.1 cm³/mol. The molecule has 6 heteroatoms. The van der Waals surface area contributed by atoms with Crippen LogP contribution >= 0.6 is 0 Å². The van der Waals surface area contributed by atoms with E-state index in [4.69, 9.17) is 10.5 Å². The lowest BCUT2D eigenvalue weighted by Gasteiger charge is -2.08. The van der Waals surface area contributed by atoms with Crippen molar-refractivity contribution in [2.45, 2.75) is 0 Å². The minimum absolute atomic E-state index is 0.00645. The molecule has 2 rings (SSSR count). The maximum Gasteiger partial charge on any atom is 0.250 e. The van der Waals surface area contributed by atoms with E-state index in [2.05, 4.69) is 10.3 Å². The molecule has 1 aromatic carbocycles. The Balaban J connectivity index is 1.97. The van der Waals surface area contributed by atoms with Gasteiger partial charge in [0.25, 0.3) is 0 Å². The fourth-order valence-electron chi connectivity index (χ4n) is 1.60. The summed E-state index contributed by atoms with van der Waals surface area (Å²) < 4.78 is 6.93. The predicted octanol–water partition coefficient (Wildman–Crippen LogP) is 0.786. The van der Waals surface area contributed by atoms with Crippen molar-refractivity contribution in [1.82, 2.24) is 9.55 Å². The first-order chi connectivity index (χ1) is 9.29. The zero-order chi connectivity index (χ0) is 13.5. The molecule has 0 aliphatic carbocycles. The Morgan fingerprint density at radius 3 is 3.11 bits per heavy atom. The zero-order valence-corrected chi connectivity index (χ0v) is 10.5. The number of nitrogens with zero attached hydrogens (tertiary/aromatic N) is 2. The van der Waals surface area contributed by atoms with Crippen LogP contribution in [-0.2, 0) is 9.53 Å². The topological polar surface area (TPSA) is 82.2 Å². The van der Waals surface area contributed by atoms with E-state index in [1.165, 1.54) is 0 Å². The van der Waals surface area contributed by atoms with Crippen molar-refractivity contribution in [1.29, 1.82) is 0 Å². The van der Waals surface area contributed by atoms with Gasteiger partial charge in [-0.1, -0.05) is 6.07 Å². The number of benzene rings is 1. The van der Waals surface area contributed by atoms with E-state index in [-0.39, 0.29) is 12.5 Å². The van der Waals surface area contributed by atoms with E-state index >= 15 is 0 Å². The Labute approximate surface area is 111 Å². The number of anilines is 1. The highest BCUT2D eigenvalue weighted by atomic mass is 16.5. The SMILES string of the molecule is NCCOCC(=O)Nc1cccc(-n2ccnc2)c1. The smallest absolute Gasteiger partial charge is 0.250 e. The molecule has 0 unspecified atom stereocenters. The fraction of sp³-hybridized carbons (Fsp3) is 0.231. The molecular weight excluding hydrogens is 244 g/mol. The van der Waals surface area contributed by atoms with Gasteiger partial charge in [-0.15, -0.1) is 0 Å². The lowest BCUT2D eigenvalue weighted by atomic mass is 10.2. The van der Waals surface area contributed by atoms with E-state index in [1.807, 2.05) is 35.0 Å². The summed E-state index contributed by atoms with van der Waals surface area (Å²) in [5, 5.41) is 2.76. The van der Waals surface area contributed by atoms with E-state index in [0.717, 1.165) is 5.69 Å². The molecule has 1 aromatic heterocycles. The minimum atomic E-state index is -0.198. The van der Waals surface area contributed by atoms with Gasteiger partial charge in [0.05, 0.1) is 12.9 Å². The van der Waals surface area contributed by atoms with Gasteiger partial charge in [-0.2, -0.15) is 0 Å². The number of hydrogen-bond acceptors (Lipinski definition) is 4. The van der Waals surface area contributed by atoms with E-state index in [9.17, 15) is 4.79 Å². The molecule has 19 heavy (non-hydrogen) atoms. The highest BCUT2D eigenvalue weighted by Gasteiger charge is 2.03. The molecule has 0 saturated carbocycles. The number of imidazole rings is 1. The summed E-state index contributed by atoms with van der Waals surface area (Å²) in [5.74, 6) is -0.198. The molecule has 3 N–H and O–H groups in total. The molecule has 0 bridgehead atoms. The molecule has 0 atom stereocenters. The maximum atomic E-state index is 11.6. The van der Waals surface area contributed by atoms with Crippen molar-refractivity contribution in [2.75, 3.05) is 25.1 Å². The lowest BCUT2D eigenvalue weighted by Crippen LogP contribution is -2.20. The third kappa shape index (κ3) is 3.90. The molecule has 0 spiro atoms. The first kappa shape index (κ1) is 13.3. The fourth-order valence-corrected chi connectivity index (χ4v) is 1.60. The van der Waals surface area contributed by atoms with E-state index in [0.29, 0.717) is 18.8 Å². The van der Waals surface area contributed by atoms with Crippen LogP contribution in [0.3, 0.4) is 0 Å². The van der Waals surface area contributed by atoms with Gasteiger partial charge >= 0.3 is 0 Å². The van der Waals surface area contributed by atoms with Crippen LogP contribution in [0.25, 0.3) is 5.69 Å². The summed E-state index contributed by atoms with van der Waals surface area (Å²) in [6.45, 7) is 0.790. The second-order valence-corrected chi connectivity index (χ2v) is 3.91. The molecule has 1 heterocycles. The van der Waals surface area contributed by atoms with Gasteiger partial charge in [-0.25, -0.2) is 4.98 Å². The first-order valence-corrected chi connectivity index (χ1v) is 5.95. The van der Waals surface area contributed by atoms with Crippen molar-refractivity contribution in [3.8, 4) is 5.69 Å². The monoisotopic (exact) mass is 260 g/mol. The van der Waals surface area contributed by atoms with Crippen LogP contribution in [0.4, 0.5) is 5.69 Å². The van der Waals surface area contributed by atoms with Crippen LogP contribution in [0.1, 0.15) is 0 Å². The highest BCUT2D eigenvalue weighted by molar-refractivity contribution is 5.91. The largest absolute Gasteiger partial charge is 0.370 e. The average Bonchev–Trinajstić information content (AvgIpc) is 2.93. The summed E-state index contributed by atoms with van der Waals surface area (Å²) in [7, 11) is 0. The minimum Gasteiger partial charge on any atom is -0.370 e. The van der Waals surface area contributed by atoms with Crippen molar-refractivity contribution in [3.05, 3.63) is 43.0 Å². The standard InChI is InChI=1S/C13H16N4O2/c14-4-7-19-9-13(18)16-11-2-1-3-12(8-11)17-6-5-15-10-17/h1-3,5-6,8,10H,4,7,9,14H2,(H,16,18). The molecule has 0 radical (unpaired) electrons. The normalized spacial score (nSPS) is 10.4. The summed E-state index contributed by atoms with van der Waals surface area (Å²) in [6.07, 6.45) is 5.24. The molecule has 0 aliphatic rings. The number of nitrogens with one attached hydrogen (secondary N) is 1. The van der Waals surface area contributed by atoms with E-state index < -0.39 is 0 Å². The lowest BCUT2D eigenvalue weighted by molar-refractivity contribution is -0.120. The molecule has 0 aliphatic heterocycles. The number of hydrogen-bond donors (Lipinski definition) is 2. The summed E-state index contributed by atoms with van der Waals surface area (Å²) >= 11 is 0. The van der Waals surface area contributed by atoms with Crippen LogP contribution in [-0.4, -0.2) is 35.2 Å². The van der Waals surface area contributed by atoms with Gasteiger partial charge in [-0.3, -0.25) is 4.79 Å². The highest BCUT2D eigenvalue weighted by Crippen LogP contribution is 2.14. The molecule has 100 valence electrons. The van der Waals surface area contributed by atoms with Crippen LogP contribution in [0.5, 0.6) is 0 Å². The van der Waals surface area contributed by atoms with Crippen LogP contribution in [0.15, 0.2) is 43.0 Å². The number of carbonyl (C=O) groups is 1. The van der Waals surface area contributed by atoms with Crippen molar-refractivity contribution in [2.24, 2.45) is 5.73 Å². The molecule has 0 saturated heterocycles. The summed E-state index contributed by atoms with van der Waals surface area (Å²) in [4.78, 5) is 15.6. The first-order valence-electron chi connectivity index (χ1n) is 5.95. The van der Waals surface area contributed by atoms with Crippen LogP contribution in [0.2, 0.25) is 0 Å². The van der Waals surface area contributed by atoms with Gasteiger partial charge in [-0.05, 0) is 18.2 Å². The van der Waals surface area contributed by atoms with Gasteiger partial charge in [0.15, 0.2) is 0 Å². The van der Waals surface area contributed by atoms with Gasteiger partial charge in [0, 0.05) is 30.3 Å². The Kier molecular flexibility index (Phi) is 4.66. The number of amides is 1.